The van der Waals surface area contributed by atoms with Crippen molar-refractivity contribution in [3.05, 3.63) is 56.5 Å². The van der Waals surface area contributed by atoms with Crippen molar-refractivity contribution in [1.29, 1.82) is 0 Å². The summed E-state index contributed by atoms with van der Waals surface area (Å²) in [5, 5.41) is 0. The highest BCUT2D eigenvalue weighted by molar-refractivity contribution is 5.75. The fourth-order valence-corrected chi connectivity index (χ4v) is 2.26. The van der Waals surface area contributed by atoms with Crippen molar-refractivity contribution in [1.82, 2.24) is 19.1 Å². The number of fused-ring (bicyclic) bond motifs is 1. The van der Waals surface area contributed by atoms with E-state index in [1.54, 1.807) is 19.2 Å². The Hall–Kier alpha value is -3.09. The first-order valence-corrected chi connectivity index (χ1v) is 6.67. The molecule has 2 heterocycles. The number of rotatable bonds is 2. The van der Waals surface area contributed by atoms with Crippen LogP contribution in [0.4, 0.5) is 5.69 Å². The Morgan fingerprint density at radius 1 is 1.18 bits per heavy atom. The molecule has 0 aliphatic heterocycles. The molecule has 0 atom stereocenters. The first-order chi connectivity index (χ1) is 10.5. The lowest BCUT2D eigenvalue weighted by atomic mass is 10.2. The van der Waals surface area contributed by atoms with E-state index in [1.807, 2.05) is 24.3 Å². The summed E-state index contributed by atoms with van der Waals surface area (Å²) in [5.41, 5.74) is 7.15. The normalized spacial score (nSPS) is 11.5. The summed E-state index contributed by atoms with van der Waals surface area (Å²) in [5.74, 6) is 0.496. The van der Waals surface area contributed by atoms with E-state index in [-0.39, 0.29) is 0 Å². The maximum Gasteiger partial charge on any atom is 0.332 e. The first kappa shape index (κ1) is 13.9. The van der Waals surface area contributed by atoms with Crippen LogP contribution in [0.1, 0.15) is 11.4 Å². The van der Waals surface area contributed by atoms with Crippen LogP contribution in [-0.2, 0) is 14.1 Å². The number of nitrogen functional groups attached to an aromatic ring is 1. The minimum absolute atomic E-state index is 0.303. The van der Waals surface area contributed by atoms with Crippen molar-refractivity contribution in [2.24, 2.45) is 14.1 Å². The topological polar surface area (TPSA) is 98.7 Å². The third-order valence-electron chi connectivity index (χ3n) is 3.46. The lowest BCUT2D eigenvalue weighted by Crippen LogP contribution is -2.36. The Kier molecular flexibility index (Phi) is 3.17. The molecular weight excluding hydrogens is 282 g/mol. The van der Waals surface area contributed by atoms with Crippen LogP contribution in [0.2, 0.25) is 0 Å². The van der Waals surface area contributed by atoms with Gasteiger partial charge >= 0.3 is 5.69 Å². The molecule has 0 aliphatic rings. The second-order valence-corrected chi connectivity index (χ2v) is 5.03. The van der Waals surface area contributed by atoms with E-state index in [0.29, 0.717) is 22.7 Å². The Morgan fingerprint density at radius 2 is 1.95 bits per heavy atom. The third-order valence-corrected chi connectivity index (χ3v) is 3.46. The maximum absolute atomic E-state index is 12.1. The summed E-state index contributed by atoms with van der Waals surface area (Å²) in [4.78, 5) is 31.2. The number of H-pyrrole nitrogens is 1. The number of benzene rings is 1. The van der Waals surface area contributed by atoms with Crippen molar-refractivity contribution in [3.8, 4) is 0 Å². The number of anilines is 1. The molecule has 0 bridgehead atoms. The highest BCUT2D eigenvalue weighted by Crippen LogP contribution is 2.11. The Balaban J connectivity index is 2.10. The molecule has 0 saturated heterocycles. The summed E-state index contributed by atoms with van der Waals surface area (Å²) in [6.07, 6.45) is 3.56. The summed E-state index contributed by atoms with van der Waals surface area (Å²) >= 11 is 0. The second kappa shape index (κ2) is 5.03. The molecule has 22 heavy (non-hydrogen) atoms. The molecule has 3 N–H and O–H groups in total. The van der Waals surface area contributed by atoms with Gasteiger partial charge in [-0.05, 0) is 23.8 Å². The zero-order valence-corrected chi connectivity index (χ0v) is 12.2. The number of hydrogen-bond donors (Lipinski definition) is 2. The average molecular weight is 297 g/mol. The predicted molar refractivity (Wildman–Crippen MR) is 86.4 cm³/mol. The molecule has 112 valence electrons. The number of aromatic amines is 1. The number of aryl methyl sites for hydroxylation is 1. The molecule has 0 radical (unpaired) electrons. The molecule has 0 amide bonds. The van der Waals surface area contributed by atoms with Crippen molar-refractivity contribution in [3.63, 3.8) is 0 Å². The molecule has 7 heteroatoms. The average Bonchev–Trinajstić information content (AvgIpc) is 2.93. The maximum atomic E-state index is 12.1. The highest BCUT2D eigenvalue weighted by atomic mass is 16.2. The van der Waals surface area contributed by atoms with Gasteiger partial charge in [-0.1, -0.05) is 18.2 Å². The second-order valence-electron chi connectivity index (χ2n) is 5.03. The van der Waals surface area contributed by atoms with E-state index >= 15 is 0 Å². The van der Waals surface area contributed by atoms with Gasteiger partial charge in [0.05, 0.1) is 0 Å². The zero-order chi connectivity index (χ0) is 15.9. The fraction of sp³-hybridized carbons (Fsp3) is 0.133. The molecule has 1 aromatic carbocycles. The Morgan fingerprint density at radius 3 is 2.68 bits per heavy atom. The summed E-state index contributed by atoms with van der Waals surface area (Å²) in [6, 6.07) is 7.39. The lowest BCUT2D eigenvalue weighted by Gasteiger charge is -2.00. The Bertz CT molecular complexity index is 1010. The lowest BCUT2D eigenvalue weighted by molar-refractivity contribution is 0.709. The molecule has 0 spiro atoms. The molecule has 0 unspecified atom stereocenters. The van der Waals surface area contributed by atoms with Gasteiger partial charge in [-0.15, -0.1) is 0 Å². The quantitative estimate of drug-likeness (QED) is 0.681. The number of aromatic nitrogens is 4. The van der Waals surface area contributed by atoms with Crippen LogP contribution < -0.4 is 17.0 Å². The van der Waals surface area contributed by atoms with E-state index in [1.165, 1.54) is 11.6 Å². The molecule has 0 saturated carbocycles. The third kappa shape index (κ3) is 2.22. The zero-order valence-electron chi connectivity index (χ0n) is 12.2. The highest BCUT2D eigenvalue weighted by Gasteiger charge is 2.12. The van der Waals surface area contributed by atoms with Gasteiger partial charge in [-0.25, -0.2) is 9.78 Å². The standard InChI is InChI=1S/C15H15N5O2/c1-19-13-12(14(21)20(2)15(19)22)17-11(18-13)7-6-9-4-3-5-10(16)8-9/h3-8H,16H2,1-2H3,(H,17,18)/b7-6+. The number of nitrogens with two attached hydrogens (primary N) is 1. The first-order valence-electron chi connectivity index (χ1n) is 6.67. The molecule has 0 fully saturated rings. The van der Waals surface area contributed by atoms with E-state index in [2.05, 4.69) is 9.97 Å². The van der Waals surface area contributed by atoms with Crippen LogP contribution in [0.5, 0.6) is 0 Å². The van der Waals surface area contributed by atoms with Gasteiger partial charge in [-0.2, -0.15) is 0 Å². The van der Waals surface area contributed by atoms with Gasteiger partial charge in [0, 0.05) is 19.8 Å². The van der Waals surface area contributed by atoms with Gasteiger partial charge in [-0.3, -0.25) is 13.9 Å². The van der Waals surface area contributed by atoms with Crippen LogP contribution in [0, 0.1) is 0 Å². The van der Waals surface area contributed by atoms with Crippen molar-refractivity contribution in [2.75, 3.05) is 5.73 Å². The number of imidazole rings is 1. The summed E-state index contributed by atoms with van der Waals surface area (Å²) in [7, 11) is 3.02. The van der Waals surface area contributed by atoms with Crippen LogP contribution in [-0.4, -0.2) is 19.1 Å². The fourth-order valence-electron chi connectivity index (χ4n) is 2.26. The predicted octanol–water partition coefficient (Wildman–Crippen LogP) is 0.713. The van der Waals surface area contributed by atoms with E-state index in [4.69, 9.17) is 5.73 Å². The molecule has 3 rings (SSSR count). The van der Waals surface area contributed by atoms with Gasteiger partial charge in [0.15, 0.2) is 5.65 Å². The number of nitrogens with zero attached hydrogens (tertiary/aromatic N) is 3. The minimum atomic E-state index is -0.407. The van der Waals surface area contributed by atoms with Crippen LogP contribution in [0.3, 0.4) is 0 Å². The molecule has 7 nitrogen and oxygen atoms in total. The smallest absolute Gasteiger partial charge is 0.332 e. The van der Waals surface area contributed by atoms with E-state index < -0.39 is 11.2 Å². The van der Waals surface area contributed by atoms with Crippen molar-refractivity contribution in [2.45, 2.75) is 0 Å². The Labute approximate surface area is 125 Å². The molecule has 2 aromatic heterocycles. The van der Waals surface area contributed by atoms with E-state index in [0.717, 1.165) is 10.1 Å². The largest absolute Gasteiger partial charge is 0.399 e. The molecule has 3 aromatic rings. The van der Waals surface area contributed by atoms with E-state index in [9.17, 15) is 9.59 Å². The van der Waals surface area contributed by atoms with Crippen LogP contribution in [0.15, 0.2) is 33.9 Å². The summed E-state index contributed by atoms with van der Waals surface area (Å²) in [6.45, 7) is 0. The number of nitrogens with one attached hydrogen (secondary N) is 1. The minimum Gasteiger partial charge on any atom is -0.399 e. The monoisotopic (exact) mass is 297 g/mol. The SMILES string of the molecule is Cn1c(=O)c2[nH]c(/C=C/c3cccc(N)c3)nc2n(C)c1=O. The molecule has 0 aliphatic carbocycles. The van der Waals surface area contributed by atoms with Gasteiger partial charge in [0.2, 0.25) is 0 Å². The van der Waals surface area contributed by atoms with Gasteiger partial charge in [0.25, 0.3) is 5.56 Å². The van der Waals surface area contributed by atoms with Crippen molar-refractivity contribution < 1.29 is 0 Å². The van der Waals surface area contributed by atoms with Crippen LogP contribution >= 0.6 is 0 Å². The molecular formula is C15H15N5O2. The van der Waals surface area contributed by atoms with Crippen molar-refractivity contribution >= 4 is 29.0 Å². The van der Waals surface area contributed by atoms with Gasteiger partial charge < -0.3 is 10.7 Å². The number of hydrogen-bond acceptors (Lipinski definition) is 4. The van der Waals surface area contributed by atoms with Gasteiger partial charge in [0.1, 0.15) is 11.3 Å². The summed E-state index contributed by atoms with van der Waals surface area (Å²) < 4.78 is 2.39. The van der Waals surface area contributed by atoms with Crippen LogP contribution in [0.25, 0.3) is 23.3 Å².